The number of nitrogens with one attached hydrogen (secondary N) is 1. The summed E-state index contributed by atoms with van der Waals surface area (Å²) < 4.78 is 5.29. The maximum Gasteiger partial charge on any atom is 0.0615 e. The summed E-state index contributed by atoms with van der Waals surface area (Å²) in [4.78, 5) is 2.58. The lowest BCUT2D eigenvalue weighted by Crippen LogP contribution is -2.45. The Bertz CT molecular complexity index is 202. The molecule has 0 aromatic carbocycles. The highest BCUT2D eigenvalue weighted by atomic mass is 16.5. The minimum Gasteiger partial charge on any atom is -0.383 e. The molecule has 0 bridgehead atoms. The standard InChI is InChI=1S/C14H30N2O/c1-5-7-14(8-9-15-11-14)12-16(6-2)13(3)10-17-4/h13,15H,5-12H2,1-4H3. The molecule has 102 valence electrons. The second-order valence-corrected chi connectivity index (χ2v) is 5.54. The summed E-state index contributed by atoms with van der Waals surface area (Å²) in [5.41, 5.74) is 0.507. The van der Waals surface area contributed by atoms with Crippen LogP contribution in [0, 0.1) is 5.41 Å². The molecule has 2 atom stereocenters. The third-order valence-corrected chi connectivity index (χ3v) is 4.09. The second-order valence-electron chi connectivity index (χ2n) is 5.54. The van der Waals surface area contributed by atoms with Gasteiger partial charge >= 0.3 is 0 Å². The summed E-state index contributed by atoms with van der Waals surface area (Å²) in [5.74, 6) is 0. The summed E-state index contributed by atoms with van der Waals surface area (Å²) >= 11 is 0. The molecular formula is C14H30N2O. The van der Waals surface area contributed by atoms with Crippen LogP contribution in [0.3, 0.4) is 0 Å². The normalized spacial score (nSPS) is 26.6. The first-order valence-corrected chi connectivity index (χ1v) is 7.11. The summed E-state index contributed by atoms with van der Waals surface area (Å²) in [6, 6.07) is 0.527. The van der Waals surface area contributed by atoms with Crippen LogP contribution in [-0.2, 0) is 4.74 Å². The lowest BCUT2D eigenvalue weighted by atomic mass is 9.81. The molecule has 1 heterocycles. The van der Waals surface area contributed by atoms with Crippen molar-refractivity contribution in [1.29, 1.82) is 0 Å². The molecule has 0 amide bonds. The smallest absolute Gasteiger partial charge is 0.0615 e. The van der Waals surface area contributed by atoms with E-state index in [2.05, 4.69) is 31.0 Å². The highest BCUT2D eigenvalue weighted by Crippen LogP contribution is 2.32. The zero-order chi connectivity index (χ0) is 12.7. The fourth-order valence-corrected chi connectivity index (χ4v) is 3.11. The minimum absolute atomic E-state index is 0.507. The largest absolute Gasteiger partial charge is 0.383 e. The third-order valence-electron chi connectivity index (χ3n) is 4.09. The molecule has 3 nitrogen and oxygen atoms in total. The summed E-state index contributed by atoms with van der Waals surface area (Å²) in [5, 5.41) is 3.54. The fraction of sp³-hybridized carbons (Fsp3) is 1.00. The predicted octanol–water partition coefficient (Wildman–Crippen LogP) is 2.12. The van der Waals surface area contributed by atoms with Gasteiger partial charge in [-0.05, 0) is 38.3 Å². The molecule has 0 aromatic rings. The first-order chi connectivity index (χ1) is 8.17. The molecule has 2 unspecified atom stereocenters. The van der Waals surface area contributed by atoms with Crippen LogP contribution >= 0.6 is 0 Å². The summed E-state index contributed by atoms with van der Waals surface area (Å²) in [6.45, 7) is 12.4. The average molecular weight is 242 g/mol. The quantitative estimate of drug-likeness (QED) is 0.705. The third kappa shape index (κ3) is 4.23. The monoisotopic (exact) mass is 242 g/mol. The van der Waals surface area contributed by atoms with E-state index in [9.17, 15) is 0 Å². The molecule has 1 fully saturated rings. The van der Waals surface area contributed by atoms with Crippen molar-refractivity contribution in [2.75, 3.05) is 39.9 Å². The zero-order valence-electron chi connectivity index (χ0n) is 12.1. The lowest BCUT2D eigenvalue weighted by molar-refractivity contribution is 0.0679. The lowest BCUT2D eigenvalue weighted by Gasteiger charge is -2.37. The summed E-state index contributed by atoms with van der Waals surface area (Å²) in [7, 11) is 1.79. The second kappa shape index (κ2) is 7.34. The Balaban J connectivity index is 2.57. The van der Waals surface area contributed by atoms with E-state index in [1.165, 1.54) is 38.9 Å². The number of ether oxygens (including phenoxy) is 1. The van der Waals surface area contributed by atoms with Crippen molar-refractivity contribution >= 4 is 0 Å². The maximum absolute atomic E-state index is 5.29. The molecule has 0 aromatic heterocycles. The van der Waals surface area contributed by atoms with E-state index in [4.69, 9.17) is 4.74 Å². The first-order valence-electron chi connectivity index (χ1n) is 7.11. The van der Waals surface area contributed by atoms with Gasteiger partial charge in [-0.2, -0.15) is 0 Å². The van der Waals surface area contributed by atoms with Gasteiger partial charge in [0.1, 0.15) is 0 Å². The van der Waals surface area contributed by atoms with E-state index < -0.39 is 0 Å². The molecule has 1 aliphatic heterocycles. The van der Waals surface area contributed by atoms with Crippen LogP contribution in [-0.4, -0.2) is 50.8 Å². The minimum atomic E-state index is 0.507. The van der Waals surface area contributed by atoms with Crippen LogP contribution in [0.15, 0.2) is 0 Å². The highest BCUT2D eigenvalue weighted by molar-refractivity contribution is 4.90. The van der Waals surface area contributed by atoms with Gasteiger partial charge < -0.3 is 10.1 Å². The van der Waals surface area contributed by atoms with Crippen molar-refractivity contribution < 1.29 is 4.74 Å². The van der Waals surface area contributed by atoms with Crippen molar-refractivity contribution in [3.05, 3.63) is 0 Å². The van der Waals surface area contributed by atoms with E-state index in [-0.39, 0.29) is 0 Å². The molecule has 0 radical (unpaired) electrons. The molecule has 17 heavy (non-hydrogen) atoms. The first kappa shape index (κ1) is 14.9. The number of likely N-dealkylation sites (N-methyl/N-ethyl adjacent to an activating group) is 1. The summed E-state index contributed by atoms with van der Waals surface area (Å²) in [6.07, 6.45) is 3.96. The van der Waals surface area contributed by atoms with E-state index in [1.807, 2.05) is 0 Å². The van der Waals surface area contributed by atoms with Gasteiger partial charge in [0, 0.05) is 26.2 Å². The maximum atomic E-state index is 5.29. The Morgan fingerprint density at radius 2 is 2.18 bits per heavy atom. The van der Waals surface area contributed by atoms with Crippen molar-refractivity contribution in [2.45, 2.75) is 46.1 Å². The fourth-order valence-electron chi connectivity index (χ4n) is 3.11. The number of hydrogen-bond acceptors (Lipinski definition) is 3. The predicted molar refractivity (Wildman–Crippen MR) is 73.4 cm³/mol. The van der Waals surface area contributed by atoms with Crippen LogP contribution in [0.4, 0.5) is 0 Å². The Morgan fingerprint density at radius 3 is 2.65 bits per heavy atom. The van der Waals surface area contributed by atoms with Gasteiger partial charge in [0.2, 0.25) is 0 Å². The van der Waals surface area contributed by atoms with E-state index in [0.29, 0.717) is 11.5 Å². The molecule has 0 spiro atoms. The Labute approximate surface area is 107 Å². The highest BCUT2D eigenvalue weighted by Gasteiger charge is 2.35. The van der Waals surface area contributed by atoms with Crippen molar-refractivity contribution in [1.82, 2.24) is 10.2 Å². The molecule has 1 N–H and O–H groups in total. The molecule has 0 saturated carbocycles. The van der Waals surface area contributed by atoms with E-state index >= 15 is 0 Å². The molecule has 0 aliphatic carbocycles. The average Bonchev–Trinajstić information content (AvgIpc) is 2.75. The molecule has 3 heteroatoms. The van der Waals surface area contributed by atoms with E-state index in [1.54, 1.807) is 7.11 Å². The van der Waals surface area contributed by atoms with Gasteiger partial charge in [0.25, 0.3) is 0 Å². The van der Waals surface area contributed by atoms with Gasteiger partial charge in [-0.3, -0.25) is 4.90 Å². The Hall–Kier alpha value is -0.120. The van der Waals surface area contributed by atoms with Crippen molar-refractivity contribution in [3.8, 4) is 0 Å². The Kier molecular flexibility index (Phi) is 6.45. The number of hydrogen-bond donors (Lipinski definition) is 1. The van der Waals surface area contributed by atoms with Crippen LogP contribution < -0.4 is 5.32 Å². The van der Waals surface area contributed by atoms with Crippen molar-refractivity contribution in [3.63, 3.8) is 0 Å². The number of methoxy groups -OCH3 is 1. The molecule has 1 aliphatic rings. The van der Waals surface area contributed by atoms with Gasteiger partial charge in [0.05, 0.1) is 6.61 Å². The van der Waals surface area contributed by atoms with Gasteiger partial charge in [0.15, 0.2) is 0 Å². The van der Waals surface area contributed by atoms with Crippen molar-refractivity contribution in [2.24, 2.45) is 5.41 Å². The van der Waals surface area contributed by atoms with Crippen LogP contribution in [0.1, 0.15) is 40.0 Å². The van der Waals surface area contributed by atoms with Gasteiger partial charge in [-0.15, -0.1) is 0 Å². The van der Waals surface area contributed by atoms with Crippen LogP contribution in [0.2, 0.25) is 0 Å². The Morgan fingerprint density at radius 1 is 1.41 bits per heavy atom. The molecule has 1 rings (SSSR count). The van der Waals surface area contributed by atoms with Crippen LogP contribution in [0.5, 0.6) is 0 Å². The SMILES string of the molecule is CCCC1(CN(CC)C(C)COC)CCNC1. The zero-order valence-corrected chi connectivity index (χ0v) is 12.1. The van der Waals surface area contributed by atoms with Gasteiger partial charge in [-0.25, -0.2) is 0 Å². The number of rotatable bonds is 8. The molecule has 1 saturated heterocycles. The van der Waals surface area contributed by atoms with Crippen LogP contribution in [0.25, 0.3) is 0 Å². The van der Waals surface area contributed by atoms with Gasteiger partial charge in [-0.1, -0.05) is 20.3 Å². The molecular weight excluding hydrogens is 212 g/mol. The number of nitrogens with zero attached hydrogens (tertiary/aromatic N) is 1. The topological polar surface area (TPSA) is 24.5 Å². The van der Waals surface area contributed by atoms with E-state index in [0.717, 1.165) is 13.2 Å².